The molecule has 2 rings (SSSR count). The Morgan fingerprint density at radius 1 is 1.04 bits per heavy atom. The number of amides is 2. The van der Waals surface area contributed by atoms with Gasteiger partial charge in [-0.05, 0) is 36.1 Å². The second kappa shape index (κ2) is 7.18. The monoisotopic (exact) mass is 312 g/mol. The van der Waals surface area contributed by atoms with Gasteiger partial charge in [0.05, 0.1) is 0 Å². The van der Waals surface area contributed by atoms with Gasteiger partial charge in [-0.2, -0.15) is 0 Å². The molecule has 23 heavy (non-hydrogen) atoms. The van der Waals surface area contributed by atoms with Gasteiger partial charge in [-0.25, -0.2) is 4.79 Å². The van der Waals surface area contributed by atoms with Crippen LogP contribution in [-0.2, 0) is 5.41 Å². The summed E-state index contributed by atoms with van der Waals surface area (Å²) in [6.45, 7) is 8.48. The Labute approximate surface area is 137 Å². The number of hydrogen-bond donors (Lipinski definition) is 2. The number of hydrogen-bond acceptors (Lipinski definition) is 2. The van der Waals surface area contributed by atoms with E-state index in [2.05, 4.69) is 31.4 Å². The molecule has 0 fully saturated rings. The second-order valence-corrected chi connectivity index (χ2v) is 6.53. The number of ether oxygens (including phenoxy) is 1. The Balaban J connectivity index is 1.89. The van der Waals surface area contributed by atoms with Crippen molar-refractivity contribution in [2.75, 3.05) is 12.0 Å². The van der Waals surface area contributed by atoms with Crippen molar-refractivity contribution in [3.63, 3.8) is 0 Å². The molecule has 2 aromatic carbocycles. The van der Waals surface area contributed by atoms with Crippen LogP contribution in [0.15, 0.2) is 48.5 Å². The van der Waals surface area contributed by atoms with E-state index < -0.39 is 0 Å². The molecule has 2 aromatic rings. The first-order chi connectivity index (χ1) is 10.9. The first-order valence-electron chi connectivity index (χ1n) is 7.70. The molecular weight excluding hydrogens is 288 g/mol. The number of benzene rings is 2. The van der Waals surface area contributed by atoms with Crippen molar-refractivity contribution >= 4 is 11.7 Å². The van der Waals surface area contributed by atoms with E-state index in [4.69, 9.17) is 4.74 Å². The molecule has 2 amide bonds. The summed E-state index contributed by atoms with van der Waals surface area (Å²) in [6.07, 6.45) is 0. The van der Waals surface area contributed by atoms with Crippen molar-refractivity contribution < 1.29 is 9.53 Å². The number of urea groups is 1. The number of carbonyl (C=O) groups is 1. The van der Waals surface area contributed by atoms with Crippen LogP contribution < -0.4 is 15.4 Å². The van der Waals surface area contributed by atoms with Crippen molar-refractivity contribution in [3.05, 3.63) is 59.7 Å². The summed E-state index contributed by atoms with van der Waals surface area (Å²) in [5, 5.41) is 5.58. The third-order valence-corrected chi connectivity index (χ3v) is 3.48. The lowest BCUT2D eigenvalue weighted by Gasteiger charge is -2.23. The summed E-state index contributed by atoms with van der Waals surface area (Å²) in [7, 11) is 0. The maximum atomic E-state index is 12.0. The number of rotatable bonds is 4. The first kappa shape index (κ1) is 16.9. The third kappa shape index (κ3) is 5.02. The highest BCUT2D eigenvalue weighted by Gasteiger charge is 2.18. The third-order valence-electron chi connectivity index (χ3n) is 3.48. The maximum Gasteiger partial charge on any atom is 0.321 e. The molecule has 0 saturated carbocycles. The number of para-hydroxylation sites is 1. The Morgan fingerprint density at radius 2 is 1.70 bits per heavy atom. The Morgan fingerprint density at radius 3 is 2.35 bits per heavy atom. The largest absolute Gasteiger partial charge is 0.473 e. The molecule has 0 bridgehead atoms. The smallest absolute Gasteiger partial charge is 0.321 e. The van der Waals surface area contributed by atoms with Gasteiger partial charge in [-0.15, -0.1) is 0 Å². The molecule has 0 unspecified atom stereocenters. The molecule has 0 aliphatic carbocycles. The van der Waals surface area contributed by atoms with Gasteiger partial charge < -0.3 is 15.4 Å². The molecule has 0 aliphatic heterocycles. The molecule has 0 aliphatic rings. The van der Waals surface area contributed by atoms with E-state index in [-0.39, 0.29) is 18.2 Å². The van der Waals surface area contributed by atoms with Crippen LogP contribution in [0, 0.1) is 6.92 Å². The minimum absolute atomic E-state index is 0.0394. The standard InChI is InChI=1S/C19H24N2O2/c1-14-9-11-15(12-10-14)23-13-20-18(22)21-17-8-6-5-7-16(17)19(2,3)4/h5-12H,13H2,1-4H3,(H2,20,21,22). The number of carbonyl (C=O) groups excluding carboxylic acids is 1. The van der Waals surface area contributed by atoms with Crippen LogP contribution in [0.5, 0.6) is 5.75 Å². The molecule has 0 radical (unpaired) electrons. The molecule has 0 heterocycles. The topological polar surface area (TPSA) is 50.4 Å². The predicted molar refractivity (Wildman–Crippen MR) is 94.0 cm³/mol. The molecular formula is C19H24N2O2. The summed E-state index contributed by atoms with van der Waals surface area (Å²) in [5.74, 6) is 0.728. The summed E-state index contributed by atoms with van der Waals surface area (Å²) in [4.78, 5) is 12.0. The minimum atomic E-state index is -0.284. The summed E-state index contributed by atoms with van der Waals surface area (Å²) >= 11 is 0. The van der Waals surface area contributed by atoms with Crippen LogP contribution in [0.3, 0.4) is 0 Å². The van der Waals surface area contributed by atoms with Crippen LogP contribution in [0.4, 0.5) is 10.5 Å². The van der Waals surface area contributed by atoms with Crippen LogP contribution in [0.1, 0.15) is 31.9 Å². The van der Waals surface area contributed by atoms with Crippen molar-refractivity contribution in [2.45, 2.75) is 33.1 Å². The highest BCUT2D eigenvalue weighted by atomic mass is 16.5. The number of nitrogens with one attached hydrogen (secondary N) is 2. The van der Waals surface area contributed by atoms with E-state index in [0.717, 1.165) is 17.0 Å². The maximum absolute atomic E-state index is 12.0. The van der Waals surface area contributed by atoms with E-state index >= 15 is 0 Å². The summed E-state index contributed by atoms with van der Waals surface area (Å²) in [5.41, 5.74) is 3.03. The Kier molecular flexibility index (Phi) is 5.27. The van der Waals surface area contributed by atoms with Gasteiger partial charge in [0.1, 0.15) is 5.75 Å². The van der Waals surface area contributed by atoms with Crippen molar-refractivity contribution in [3.8, 4) is 5.75 Å². The Bertz CT molecular complexity index is 658. The fourth-order valence-electron chi connectivity index (χ4n) is 2.23. The van der Waals surface area contributed by atoms with Gasteiger partial charge in [-0.1, -0.05) is 56.7 Å². The van der Waals surface area contributed by atoms with Crippen LogP contribution in [0.25, 0.3) is 0 Å². The highest BCUT2D eigenvalue weighted by Crippen LogP contribution is 2.29. The minimum Gasteiger partial charge on any atom is -0.473 e. The fourth-order valence-corrected chi connectivity index (χ4v) is 2.23. The number of aryl methyl sites for hydroxylation is 1. The van der Waals surface area contributed by atoms with Crippen molar-refractivity contribution in [2.24, 2.45) is 0 Å². The molecule has 0 saturated heterocycles. The SMILES string of the molecule is Cc1ccc(OCNC(=O)Nc2ccccc2C(C)(C)C)cc1. The van der Waals surface area contributed by atoms with E-state index in [1.54, 1.807) is 0 Å². The molecule has 0 aromatic heterocycles. The second-order valence-electron chi connectivity index (χ2n) is 6.53. The van der Waals surface area contributed by atoms with Gasteiger partial charge in [0.25, 0.3) is 0 Å². The predicted octanol–water partition coefficient (Wildman–Crippen LogP) is 4.45. The zero-order valence-electron chi connectivity index (χ0n) is 14.1. The first-order valence-corrected chi connectivity index (χ1v) is 7.70. The molecule has 0 spiro atoms. The summed E-state index contributed by atoms with van der Waals surface area (Å²) < 4.78 is 5.49. The zero-order valence-corrected chi connectivity index (χ0v) is 14.1. The van der Waals surface area contributed by atoms with Crippen LogP contribution >= 0.6 is 0 Å². The van der Waals surface area contributed by atoms with E-state index in [9.17, 15) is 4.79 Å². The molecule has 4 nitrogen and oxygen atoms in total. The average Bonchev–Trinajstić information content (AvgIpc) is 2.49. The van der Waals surface area contributed by atoms with Gasteiger partial charge in [0.15, 0.2) is 6.73 Å². The highest BCUT2D eigenvalue weighted by molar-refractivity contribution is 5.90. The van der Waals surface area contributed by atoms with Gasteiger partial charge in [-0.3, -0.25) is 0 Å². The molecule has 2 N–H and O–H groups in total. The van der Waals surface area contributed by atoms with Gasteiger partial charge in [0.2, 0.25) is 0 Å². The fraction of sp³-hybridized carbons (Fsp3) is 0.316. The van der Waals surface area contributed by atoms with Gasteiger partial charge >= 0.3 is 6.03 Å². The zero-order chi connectivity index (χ0) is 16.9. The summed E-state index contributed by atoms with van der Waals surface area (Å²) in [6, 6.07) is 15.2. The van der Waals surface area contributed by atoms with E-state index in [0.29, 0.717) is 0 Å². The normalized spacial score (nSPS) is 11.0. The van der Waals surface area contributed by atoms with Crippen LogP contribution in [0.2, 0.25) is 0 Å². The molecule has 122 valence electrons. The van der Waals surface area contributed by atoms with E-state index in [1.807, 2.05) is 55.5 Å². The van der Waals surface area contributed by atoms with Gasteiger partial charge in [0, 0.05) is 5.69 Å². The van der Waals surface area contributed by atoms with Crippen LogP contribution in [-0.4, -0.2) is 12.8 Å². The lowest BCUT2D eigenvalue weighted by atomic mass is 9.86. The molecule has 0 atom stereocenters. The quantitative estimate of drug-likeness (QED) is 0.819. The lowest BCUT2D eigenvalue weighted by Crippen LogP contribution is -2.32. The van der Waals surface area contributed by atoms with Crippen molar-refractivity contribution in [1.29, 1.82) is 0 Å². The van der Waals surface area contributed by atoms with Crippen molar-refractivity contribution in [1.82, 2.24) is 5.32 Å². The average molecular weight is 312 g/mol. The Hall–Kier alpha value is -2.49. The van der Waals surface area contributed by atoms with E-state index in [1.165, 1.54) is 5.56 Å². The lowest BCUT2D eigenvalue weighted by molar-refractivity contribution is 0.234. The molecule has 4 heteroatoms. The number of anilines is 1.